The number of aryl methyl sites for hydroxylation is 1. The predicted octanol–water partition coefficient (Wildman–Crippen LogP) is 5.43. The van der Waals surface area contributed by atoms with E-state index < -0.39 is 0 Å². The van der Waals surface area contributed by atoms with Gasteiger partial charge in [0.25, 0.3) is 0 Å². The van der Waals surface area contributed by atoms with E-state index in [-0.39, 0.29) is 6.04 Å². The number of benzene rings is 1. The minimum Gasteiger partial charge on any atom is -0.378 e. The van der Waals surface area contributed by atoms with Gasteiger partial charge in [-0.05, 0) is 60.7 Å². The number of rotatable bonds is 3. The van der Waals surface area contributed by atoms with Crippen molar-refractivity contribution in [2.24, 2.45) is 0 Å². The van der Waals surface area contributed by atoms with E-state index in [2.05, 4.69) is 35.6 Å². The van der Waals surface area contributed by atoms with Crippen LogP contribution in [0.3, 0.4) is 0 Å². The number of hydrogen-bond donors (Lipinski definition) is 1. The fraction of sp³-hybridized carbons (Fsp3) is 0.188. The molecule has 2 heterocycles. The molecule has 1 N–H and O–H groups in total. The van der Waals surface area contributed by atoms with E-state index in [4.69, 9.17) is 11.6 Å². The molecule has 0 spiro atoms. The molecule has 2 aromatic heterocycles. The molecule has 4 heteroatoms. The van der Waals surface area contributed by atoms with Gasteiger partial charge in [0, 0.05) is 16.9 Å². The Bertz CT molecular complexity index is 751. The Morgan fingerprint density at radius 2 is 2.10 bits per heavy atom. The molecule has 102 valence electrons. The predicted molar refractivity (Wildman–Crippen MR) is 87.8 cm³/mol. The smallest absolute Gasteiger partial charge is 0.0809 e. The molecule has 0 saturated carbocycles. The quantitative estimate of drug-likeness (QED) is 0.697. The lowest BCUT2D eigenvalue weighted by Crippen LogP contribution is -2.07. The van der Waals surface area contributed by atoms with Crippen LogP contribution < -0.4 is 5.32 Å². The van der Waals surface area contributed by atoms with Crippen LogP contribution >= 0.6 is 22.9 Å². The molecule has 0 bridgehead atoms. The van der Waals surface area contributed by atoms with Crippen LogP contribution in [0.25, 0.3) is 10.2 Å². The third kappa shape index (κ3) is 2.65. The van der Waals surface area contributed by atoms with Crippen molar-refractivity contribution in [3.8, 4) is 0 Å². The summed E-state index contributed by atoms with van der Waals surface area (Å²) >= 11 is 7.71. The number of anilines is 1. The highest BCUT2D eigenvalue weighted by atomic mass is 35.5. The van der Waals surface area contributed by atoms with Gasteiger partial charge in [-0.15, -0.1) is 11.3 Å². The number of hydrogen-bond acceptors (Lipinski definition) is 3. The number of nitrogens with one attached hydrogen (secondary N) is 1. The van der Waals surface area contributed by atoms with Crippen LogP contribution in [0.15, 0.2) is 41.9 Å². The van der Waals surface area contributed by atoms with Gasteiger partial charge in [-0.1, -0.05) is 11.6 Å². The third-order valence-electron chi connectivity index (χ3n) is 3.38. The first-order chi connectivity index (χ1) is 9.63. The first-order valence-electron chi connectivity index (χ1n) is 6.49. The van der Waals surface area contributed by atoms with Crippen LogP contribution in [-0.4, -0.2) is 4.98 Å². The number of aromatic nitrogens is 1. The molecule has 3 rings (SSSR count). The molecule has 0 aliphatic rings. The van der Waals surface area contributed by atoms with Crippen LogP contribution in [0, 0.1) is 6.92 Å². The van der Waals surface area contributed by atoms with Crippen molar-refractivity contribution in [2.45, 2.75) is 19.9 Å². The molecular formula is C16H15ClN2S. The molecular weight excluding hydrogens is 288 g/mol. The van der Waals surface area contributed by atoms with E-state index >= 15 is 0 Å². The van der Waals surface area contributed by atoms with E-state index in [1.165, 1.54) is 10.3 Å². The Kier molecular flexibility index (Phi) is 3.64. The first-order valence-corrected chi connectivity index (χ1v) is 7.75. The molecule has 0 amide bonds. The molecule has 20 heavy (non-hydrogen) atoms. The van der Waals surface area contributed by atoms with Gasteiger partial charge in [-0.3, -0.25) is 4.98 Å². The van der Waals surface area contributed by atoms with Crippen LogP contribution in [0.1, 0.15) is 24.1 Å². The van der Waals surface area contributed by atoms with Crippen molar-refractivity contribution in [1.82, 2.24) is 4.98 Å². The molecule has 0 saturated heterocycles. The minimum atomic E-state index is 0.203. The van der Waals surface area contributed by atoms with Gasteiger partial charge in [0.15, 0.2) is 0 Å². The van der Waals surface area contributed by atoms with Crippen LogP contribution in [0.2, 0.25) is 5.02 Å². The van der Waals surface area contributed by atoms with Crippen LogP contribution in [-0.2, 0) is 0 Å². The average molecular weight is 303 g/mol. The maximum absolute atomic E-state index is 5.99. The van der Waals surface area contributed by atoms with E-state index in [1.54, 1.807) is 11.3 Å². The van der Waals surface area contributed by atoms with Crippen LogP contribution in [0.5, 0.6) is 0 Å². The molecule has 3 aromatic rings. The monoisotopic (exact) mass is 302 g/mol. The summed E-state index contributed by atoms with van der Waals surface area (Å²) in [7, 11) is 0. The zero-order valence-electron chi connectivity index (χ0n) is 11.4. The van der Waals surface area contributed by atoms with Crippen molar-refractivity contribution in [3.63, 3.8) is 0 Å². The summed E-state index contributed by atoms with van der Waals surface area (Å²) in [6, 6.07) is 10.3. The lowest BCUT2D eigenvalue weighted by molar-refractivity contribution is 0.878. The number of halogens is 1. The maximum Gasteiger partial charge on any atom is 0.0809 e. The van der Waals surface area contributed by atoms with Gasteiger partial charge in [0.05, 0.1) is 16.3 Å². The Morgan fingerprint density at radius 1 is 1.25 bits per heavy atom. The van der Waals surface area contributed by atoms with Crippen LogP contribution in [0.4, 0.5) is 5.69 Å². The van der Waals surface area contributed by atoms with Gasteiger partial charge in [-0.25, -0.2) is 0 Å². The third-order valence-corrected chi connectivity index (χ3v) is 4.47. The summed E-state index contributed by atoms with van der Waals surface area (Å²) < 4.78 is 1.23. The largest absolute Gasteiger partial charge is 0.378 e. The van der Waals surface area contributed by atoms with Gasteiger partial charge in [-0.2, -0.15) is 0 Å². The fourth-order valence-corrected chi connectivity index (χ4v) is 3.22. The number of fused-ring (bicyclic) bond motifs is 1. The Balaban J connectivity index is 1.86. The summed E-state index contributed by atoms with van der Waals surface area (Å²) in [5.74, 6) is 0. The normalized spacial score (nSPS) is 12.6. The lowest BCUT2D eigenvalue weighted by atomic mass is 10.1. The van der Waals surface area contributed by atoms with Gasteiger partial charge < -0.3 is 5.32 Å². The molecule has 2 nitrogen and oxygen atoms in total. The lowest BCUT2D eigenvalue weighted by Gasteiger charge is -2.17. The van der Waals surface area contributed by atoms with Gasteiger partial charge >= 0.3 is 0 Å². The Labute approximate surface area is 127 Å². The minimum absolute atomic E-state index is 0.203. The van der Waals surface area contributed by atoms with Crippen molar-refractivity contribution >= 4 is 38.8 Å². The molecule has 0 radical (unpaired) electrons. The van der Waals surface area contributed by atoms with E-state index in [0.717, 1.165) is 21.8 Å². The van der Waals surface area contributed by atoms with E-state index in [1.807, 2.05) is 30.5 Å². The summed E-state index contributed by atoms with van der Waals surface area (Å²) in [6.45, 7) is 4.20. The molecule has 0 aliphatic carbocycles. The Hall–Kier alpha value is -1.58. The molecule has 0 aliphatic heterocycles. The molecule has 1 unspecified atom stereocenters. The average Bonchev–Trinajstić information content (AvgIpc) is 2.89. The summed E-state index contributed by atoms with van der Waals surface area (Å²) in [4.78, 5) is 4.49. The van der Waals surface area contributed by atoms with E-state index in [9.17, 15) is 0 Å². The zero-order valence-corrected chi connectivity index (χ0v) is 12.9. The fourth-order valence-electron chi connectivity index (χ4n) is 2.20. The second-order valence-corrected chi connectivity index (χ2v) is 6.28. The highest BCUT2D eigenvalue weighted by Crippen LogP contribution is 2.27. The first kappa shape index (κ1) is 13.4. The molecule has 1 aromatic carbocycles. The highest BCUT2D eigenvalue weighted by molar-refractivity contribution is 7.17. The number of nitrogens with zero attached hydrogens (tertiary/aromatic N) is 1. The summed E-state index contributed by atoms with van der Waals surface area (Å²) in [5.41, 5.74) is 4.51. The molecule has 1 atom stereocenters. The van der Waals surface area contributed by atoms with Gasteiger partial charge in [0.2, 0.25) is 0 Å². The van der Waals surface area contributed by atoms with E-state index in [0.29, 0.717) is 0 Å². The van der Waals surface area contributed by atoms with Gasteiger partial charge in [0.1, 0.15) is 0 Å². The number of pyridine rings is 1. The van der Waals surface area contributed by atoms with Crippen molar-refractivity contribution in [3.05, 3.63) is 58.1 Å². The Morgan fingerprint density at radius 3 is 2.90 bits per heavy atom. The standard InChI is InChI=1S/C16H15ClN2S/c1-10-7-13(17)3-4-14(10)19-11(2)12-8-16-15(18-9-12)5-6-20-16/h3-9,11,19H,1-2H3. The number of thiophene rings is 1. The van der Waals surface area contributed by atoms with Crippen molar-refractivity contribution in [1.29, 1.82) is 0 Å². The molecule has 0 fully saturated rings. The highest BCUT2D eigenvalue weighted by Gasteiger charge is 2.09. The SMILES string of the molecule is Cc1cc(Cl)ccc1NC(C)c1cnc2ccsc2c1. The maximum atomic E-state index is 5.99. The second-order valence-electron chi connectivity index (χ2n) is 4.90. The van der Waals surface area contributed by atoms with Crippen molar-refractivity contribution < 1.29 is 0 Å². The second kappa shape index (κ2) is 5.43. The van der Waals surface area contributed by atoms with Crippen molar-refractivity contribution in [2.75, 3.05) is 5.32 Å². The summed E-state index contributed by atoms with van der Waals surface area (Å²) in [5, 5.41) is 6.35. The summed E-state index contributed by atoms with van der Waals surface area (Å²) in [6.07, 6.45) is 1.94. The topological polar surface area (TPSA) is 24.9 Å². The zero-order chi connectivity index (χ0) is 14.1.